The lowest BCUT2D eigenvalue weighted by molar-refractivity contribution is 0.200. The number of piperidine rings is 1. The van der Waals surface area contributed by atoms with Crippen LogP contribution in [0.4, 0.5) is 4.39 Å². The number of likely N-dealkylation sites (tertiary alicyclic amines) is 1. The second kappa shape index (κ2) is 7.83. The molecule has 0 atom stereocenters. The molecule has 0 radical (unpaired) electrons. The molecular formula is C22H24FN3. The van der Waals surface area contributed by atoms with Gasteiger partial charge in [0.1, 0.15) is 5.82 Å². The van der Waals surface area contributed by atoms with E-state index >= 15 is 0 Å². The molecule has 1 aliphatic rings. The van der Waals surface area contributed by atoms with Crippen molar-refractivity contribution in [3.63, 3.8) is 0 Å². The summed E-state index contributed by atoms with van der Waals surface area (Å²) >= 11 is 0. The van der Waals surface area contributed by atoms with Crippen molar-refractivity contribution in [2.45, 2.75) is 19.3 Å². The Morgan fingerprint density at radius 1 is 1.12 bits per heavy atom. The largest absolute Gasteiger partial charge is 0.300 e. The molecular weight excluding hydrogens is 325 g/mol. The molecule has 0 amide bonds. The van der Waals surface area contributed by atoms with Gasteiger partial charge in [0.05, 0.1) is 11.7 Å². The number of benzene rings is 2. The first-order valence-corrected chi connectivity index (χ1v) is 9.33. The number of nitrogens with zero attached hydrogens (tertiary/aromatic N) is 2. The average Bonchev–Trinajstić information content (AvgIpc) is 3.13. The van der Waals surface area contributed by atoms with Gasteiger partial charge in [-0.15, -0.1) is 0 Å². The summed E-state index contributed by atoms with van der Waals surface area (Å²) in [5.41, 5.74) is 3.54. The van der Waals surface area contributed by atoms with Crippen LogP contribution in [-0.2, 0) is 6.42 Å². The SMILES string of the molecule is Fc1ccc(CC2CCN(C/C=C\c3ccc4[nH]ncc4c3)CC2)cc1. The van der Waals surface area contributed by atoms with Gasteiger partial charge in [-0.1, -0.05) is 30.4 Å². The zero-order chi connectivity index (χ0) is 17.8. The Morgan fingerprint density at radius 2 is 1.92 bits per heavy atom. The highest BCUT2D eigenvalue weighted by Crippen LogP contribution is 2.22. The van der Waals surface area contributed by atoms with E-state index in [1.165, 1.54) is 24.0 Å². The van der Waals surface area contributed by atoms with Crippen molar-refractivity contribution in [2.24, 2.45) is 5.92 Å². The predicted molar refractivity (Wildman–Crippen MR) is 104 cm³/mol. The van der Waals surface area contributed by atoms with E-state index in [2.05, 4.69) is 45.4 Å². The molecule has 1 aromatic heterocycles. The van der Waals surface area contributed by atoms with Crippen molar-refractivity contribution < 1.29 is 4.39 Å². The minimum atomic E-state index is -0.151. The summed E-state index contributed by atoms with van der Waals surface area (Å²) < 4.78 is 13.0. The average molecular weight is 349 g/mol. The van der Waals surface area contributed by atoms with Gasteiger partial charge in [0.15, 0.2) is 0 Å². The summed E-state index contributed by atoms with van der Waals surface area (Å²) in [4.78, 5) is 2.51. The molecule has 0 unspecified atom stereocenters. The molecule has 2 aromatic carbocycles. The first-order valence-electron chi connectivity index (χ1n) is 9.33. The quantitative estimate of drug-likeness (QED) is 0.726. The molecule has 1 saturated heterocycles. The number of halogens is 1. The highest BCUT2D eigenvalue weighted by Gasteiger charge is 2.18. The summed E-state index contributed by atoms with van der Waals surface area (Å²) in [5, 5.41) is 8.19. The Bertz CT molecular complexity index is 874. The van der Waals surface area contributed by atoms with E-state index in [-0.39, 0.29) is 5.82 Å². The number of hydrogen-bond donors (Lipinski definition) is 1. The van der Waals surface area contributed by atoms with Crippen molar-refractivity contribution in [1.29, 1.82) is 0 Å². The number of hydrogen-bond acceptors (Lipinski definition) is 2. The maximum Gasteiger partial charge on any atom is 0.123 e. The Hall–Kier alpha value is -2.46. The van der Waals surface area contributed by atoms with E-state index in [1.54, 1.807) is 12.1 Å². The molecule has 3 aromatic rings. The molecule has 4 heteroatoms. The van der Waals surface area contributed by atoms with E-state index in [1.807, 2.05) is 18.3 Å². The molecule has 26 heavy (non-hydrogen) atoms. The summed E-state index contributed by atoms with van der Waals surface area (Å²) in [6, 6.07) is 13.3. The van der Waals surface area contributed by atoms with Crippen LogP contribution in [0.2, 0.25) is 0 Å². The van der Waals surface area contributed by atoms with Crippen LogP contribution in [0.15, 0.2) is 54.7 Å². The van der Waals surface area contributed by atoms with Gasteiger partial charge < -0.3 is 0 Å². The van der Waals surface area contributed by atoms with E-state index < -0.39 is 0 Å². The first kappa shape index (κ1) is 17.0. The third-order valence-corrected chi connectivity index (χ3v) is 5.28. The maximum atomic E-state index is 13.0. The second-order valence-corrected chi connectivity index (χ2v) is 7.19. The Morgan fingerprint density at radius 3 is 2.73 bits per heavy atom. The molecule has 0 bridgehead atoms. The number of aromatic amines is 1. The fourth-order valence-corrected chi connectivity index (χ4v) is 3.73. The predicted octanol–water partition coefficient (Wildman–Crippen LogP) is 4.67. The van der Waals surface area contributed by atoms with Crippen molar-refractivity contribution >= 4 is 17.0 Å². The van der Waals surface area contributed by atoms with Crippen molar-refractivity contribution in [3.05, 3.63) is 71.7 Å². The van der Waals surface area contributed by atoms with Crippen LogP contribution in [0.3, 0.4) is 0 Å². The van der Waals surface area contributed by atoms with Gasteiger partial charge in [-0.05, 0) is 73.7 Å². The van der Waals surface area contributed by atoms with Gasteiger partial charge in [0, 0.05) is 11.9 Å². The normalized spacial score (nSPS) is 16.7. The van der Waals surface area contributed by atoms with Gasteiger partial charge in [-0.2, -0.15) is 5.10 Å². The summed E-state index contributed by atoms with van der Waals surface area (Å²) in [6.45, 7) is 3.26. The van der Waals surface area contributed by atoms with E-state index in [0.717, 1.165) is 37.0 Å². The third-order valence-electron chi connectivity index (χ3n) is 5.28. The molecule has 134 valence electrons. The molecule has 1 N–H and O–H groups in total. The smallest absolute Gasteiger partial charge is 0.123 e. The standard InChI is InChI=1S/C22H24FN3/c23-21-6-3-18(4-7-21)14-19-9-12-26(13-10-19)11-1-2-17-5-8-22-20(15-17)16-24-25-22/h1-8,15-16,19H,9-14H2,(H,24,25)/b2-1-. The minimum Gasteiger partial charge on any atom is -0.300 e. The van der Waals surface area contributed by atoms with Crippen LogP contribution in [0.25, 0.3) is 17.0 Å². The van der Waals surface area contributed by atoms with Crippen LogP contribution in [0, 0.1) is 11.7 Å². The second-order valence-electron chi connectivity index (χ2n) is 7.19. The van der Waals surface area contributed by atoms with E-state index in [0.29, 0.717) is 5.92 Å². The summed E-state index contributed by atoms with van der Waals surface area (Å²) in [5.74, 6) is 0.562. The summed E-state index contributed by atoms with van der Waals surface area (Å²) in [7, 11) is 0. The maximum absolute atomic E-state index is 13.0. The van der Waals surface area contributed by atoms with Crippen molar-refractivity contribution in [2.75, 3.05) is 19.6 Å². The van der Waals surface area contributed by atoms with E-state index in [4.69, 9.17) is 0 Å². The lowest BCUT2D eigenvalue weighted by atomic mass is 9.90. The highest BCUT2D eigenvalue weighted by atomic mass is 19.1. The molecule has 0 aliphatic carbocycles. The molecule has 4 rings (SSSR count). The fraction of sp³-hybridized carbons (Fsp3) is 0.318. The zero-order valence-electron chi connectivity index (χ0n) is 14.9. The van der Waals surface area contributed by atoms with Crippen LogP contribution < -0.4 is 0 Å². The Labute approximate surface area is 153 Å². The molecule has 3 nitrogen and oxygen atoms in total. The van der Waals surface area contributed by atoms with Gasteiger partial charge >= 0.3 is 0 Å². The van der Waals surface area contributed by atoms with Gasteiger partial charge in [-0.3, -0.25) is 10.00 Å². The molecule has 2 heterocycles. The summed E-state index contributed by atoms with van der Waals surface area (Å²) in [6.07, 6.45) is 9.80. The lowest BCUT2D eigenvalue weighted by Crippen LogP contribution is -2.34. The Balaban J connectivity index is 1.25. The van der Waals surface area contributed by atoms with Gasteiger partial charge in [-0.25, -0.2) is 4.39 Å². The number of aromatic nitrogens is 2. The fourth-order valence-electron chi connectivity index (χ4n) is 3.73. The number of H-pyrrole nitrogens is 1. The topological polar surface area (TPSA) is 31.9 Å². The lowest BCUT2D eigenvalue weighted by Gasteiger charge is -2.31. The number of fused-ring (bicyclic) bond motifs is 1. The van der Waals surface area contributed by atoms with Gasteiger partial charge in [0.2, 0.25) is 0 Å². The highest BCUT2D eigenvalue weighted by molar-refractivity contribution is 5.80. The van der Waals surface area contributed by atoms with Crippen molar-refractivity contribution in [1.82, 2.24) is 15.1 Å². The van der Waals surface area contributed by atoms with Crippen LogP contribution in [0.5, 0.6) is 0 Å². The number of nitrogens with one attached hydrogen (secondary N) is 1. The number of rotatable bonds is 5. The monoisotopic (exact) mass is 349 g/mol. The van der Waals surface area contributed by atoms with Crippen LogP contribution in [-0.4, -0.2) is 34.7 Å². The first-order chi connectivity index (χ1) is 12.8. The van der Waals surface area contributed by atoms with Gasteiger partial charge in [0.25, 0.3) is 0 Å². The van der Waals surface area contributed by atoms with Crippen LogP contribution >= 0.6 is 0 Å². The molecule has 0 saturated carbocycles. The molecule has 0 spiro atoms. The van der Waals surface area contributed by atoms with Crippen LogP contribution in [0.1, 0.15) is 24.0 Å². The zero-order valence-corrected chi connectivity index (χ0v) is 14.9. The van der Waals surface area contributed by atoms with E-state index in [9.17, 15) is 4.39 Å². The third kappa shape index (κ3) is 4.20. The molecule has 1 aliphatic heterocycles. The van der Waals surface area contributed by atoms with Crippen molar-refractivity contribution in [3.8, 4) is 0 Å². The minimum absolute atomic E-state index is 0.151. The molecule has 1 fully saturated rings. The Kier molecular flexibility index (Phi) is 5.12.